The van der Waals surface area contributed by atoms with Gasteiger partial charge in [-0.25, -0.2) is 9.18 Å². The fourth-order valence-corrected chi connectivity index (χ4v) is 1.76. The zero-order chi connectivity index (χ0) is 15.4. The molecule has 7 heteroatoms. The highest BCUT2D eigenvalue weighted by Crippen LogP contribution is 2.23. The molecule has 1 aromatic carbocycles. The van der Waals surface area contributed by atoms with Crippen molar-refractivity contribution in [3.05, 3.63) is 53.6 Å². The van der Waals surface area contributed by atoms with Crippen molar-refractivity contribution in [2.45, 2.75) is 0 Å². The van der Waals surface area contributed by atoms with Crippen molar-refractivity contribution in [2.24, 2.45) is 0 Å². The van der Waals surface area contributed by atoms with E-state index in [1.807, 2.05) is 0 Å². The van der Waals surface area contributed by atoms with Gasteiger partial charge in [0.05, 0.1) is 24.6 Å². The summed E-state index contributed by atoms with van der Waals surface area (Å²) < 4.78 is 18.7. The van der Waals surface area contributed by atoms with Gasteiger partial charge >= 0.3 is 5.97 Å². The minimum atomic E-state index is -1.23. The lowest BCUT2D eigenvalue weighted by Gasteiger charge is -2.11. The lowest BCUT2D eigenvalue weighted by atomic mass is 10.1. The van der Waals surface area contributed by atoms with Crippen LogP contribution >= 0.6 is 0 Å². The molecule has 2 N–H and O–H groups in total. The number of ether oxygens (including phenoxy) is 1. The number of carboxylic acid groups (broad SMARTS) is 1. The van der Waals surface area contributed by atoms with Crippen molar-refractivity contribution in [2.75, 3.05) is 12.4 Å². The molecule has 0 saturated heterocycles. The monoisotopic (exact) mass is 290 g/mol. The van der Waals surface area contributed by atoms with Crippen LogP contribution in [0.1, 0.15) is 20.7 Å². The summed E-state index contributed by atoms with van der Waals surface area (Å²) >= 11 is 0. The fraction of sp³-hybridized carbons (Fsp3) is 0.0714. The highest BCUT2D eigenvalue weighted by molar-refractivity contribution is 6.09. The van der Waals surface area contributed by atoms with Crippen LogP contribution in [0.25, 0.3) is 0 Å². The molecule has 0 aliphatic heterocycles. The second-order valence-corrected chi connectivity index (χ2v) is 4.00. The fourth-order valence-electron chi connectivity index (χ4n) is 1.76. The lowest BCUT2D eigenvalue weighted by Crippen LogP contribution is -2.17. The maximum Gasteiger partial charge on any atom is 0.337 e. The van der Waals surface area contributed by atoms with Gasteiger partial charge in [0, 0.05) is 6.20 Å². The van der Waals surface area contributed by atoms with E-state index in [4.69, 9.17) is 9.84 Å². The van der Waals surface area contributed by atoms with Gasteiger partial charge in [0.2, 0.25) is 0 Å². The number of carbonyl (C=O) groups is 2. The van der Waals surface area contributed by atoms with Crippen LogP contribution in [0.3, 0.4) is 0 Å². The number of anilines is 1. The quantitative estimate of drug-likeness (QED) is 0.901. The average Bonchev–Trinajstić information content (AvgIpc) is 2.47. The van der Waals surface area contributed by atoms with Crippen LogP contribution in [0, 0.1) is 5.82 Å². The second kappa shape index (κ2) is 6.00. The number of carboxylic acids is 1. The average molecular weight is 290 g/mol. The van der Waals surface area contributed by atoms with Gasteiger partial charge in [-0.15, -0.1) is 0 Å². The first kappa shape index (κ1) is 14.4. The number of pyridine rings is 1. The number of halogens is 1. The van der Waals surface area contributed by atoms with E-state index in [-0.39, 0.29) is 22.6 Å². The van der Waals surface area contributed by atoms with Crippen LogP contribution in [0.2, 0.25) is 0 Å². The Morgan fingerprint density at radius 1 is 1.33 bits per heavy atom. The van der Waals surface area contributed by atoms with E-state index >= 15 is 0 Å². The van der Waals surface area contributed by atoms with Gasteiger partial charge in [0.25, 0.3) is 5.91 Å². The summed E-state index contributed by atoms with van der Waals surface area (Å²) in [7, 11) is 1.30. The molecule has 6 nitrogen and oxygen atoms in total. The van der Waals surface area contributed by atoms with Crippen molar-refractivity contribution >= 4 is 17.6 Å². The standard InChI is InChI=1S/C14H11FN2O4/c1-21-11-4-2-3-9(15)12(11)13(18)17-10-7-16-6-5-8(10)14(19)20/h2-7H,1H3,(H,17,18)(H,19,20). The number of carbonyl (C=O) groups excluding carboxylic acids is 1. The Kier molecular flexibility index (Phi) is 4.13. The summed E-state index contributed by atoms with van der Waals surface area (Å²) in [6.45, 7) is 0. The molecule has 0 spiro atoms. The number of hydrogen-bond donors (Lipinski definition) is 2. The molecule has 2 rings (SSSR count). The van der Waals surface area contributed by atoms with E-state index in [1.54, 1.807) is 0 Å². The lowest BCUT2D eigenvalue weighted by molar-refractivity contribution is 0.0698. The summed E-state index contributed by atoms with van der Waals surface area (Å²) in [6, 6.07) is 5.17. The molecule has 1 aromatic heterocycles. The molecule has 2 aromatic rings. The smallest absolute Gasteiger partial charge is 0.337 e. The van der Waals surface area contributed by atoms with Crippen LogP contribution in [0.5, 0.6) is 5.75 Å². The van der Waals surface area contributed by atoms with E-state index in [9.17, 15) is 14.0 Å². The third-order valence-electron chi connectivity index (χ3n) is 2.72. The molecule has 0 unspecified atom stereocenters. The molecule has 108 valence electrons. The van der Waals surface area contributed by atoms with E-state index in [0.29, 0.717) is 0 Å². The Morgan fingerprint density at radius 3 is 2.76 bits per heavy atom. The normalized spacial score (nSPS) is 10.0. The Hall–Kier alpha value is -2.96. The molecule has 0 radical (unpaired) electrons. The van der Waals surface area contributed by atoms with E-state index < -0.39 is 17.7 Å². The molecular weight excluding hydrogens is 279 g/mol. The molecule has 21 heavy (non-hydrogen) atoms. The third kappa shape index (κ3) is 2.97. The maximum absolute atomic E-state index is 13.8. The summed E-state index contributed by atoms with van der Waals surface area (Å²) in [5.41, 5.74) is -0.478. The molecule has 0 bridgehead atoms. The molecule has 0 aliphatic rings. The minimum Gasteiger partial charge on any atom is -0.496 e. The van der Waals surface area contributed by atoms with Gasteiger partial charge in [-0.2, -0.15) is 0 Å². The topological polar surface area (TPSA) is 88.5 Å². The van der Waals surface area contributed by atoms with E-state index in [0.717, 1.165) is 6.07 Å². The summed E-state index contributed by atoms with van der Waals surface area (Å²) in [6.07, 6.45) is 2.46. The van der Waals surface area contributed by atoms with Gasteiger partial charge in [0.1, 0.15) is 17.1 Å². The Labute approximate surface area is 119 Å². The Morgan fingerprint density at radius 2 is 2.10 bits per heavy atom. The number of methoxy groups -OCH3 is 1. The zero-order valence-electron chi connectivity index (χ0n) is 11.0. The molecule has 0 aliphatic carbocycles. The Balaban J connectivity index is 2.38. The summed E-state index contributed by atoms with van der Waals surface area (Å²) in [4.78, 5) is 26.9. The number of nitrogens with zero attached hydrogens (tertiary/aromatic N) is 1. The number of rotatable bonds is 4. The predicted octanol–water partition coefficient (Wildman–Crippen LogP) is 2.18. The van der Waals surface area contributed by atoms with Gasteiger partial charge in [-0.1, -0.05) is 6.07 Å². The number of nitrogens with one attached hydrogen (secondary N) is 1. The number of amides is 1. The first-order valence-corrected chi connectivity index (χ1v) is 5.85. The maximum atomic E-state index is 13.8. The van der Waals surface area contributed by atoms with Crippen LogP contribution in [-0.2, 0) is 0 Å². The molecule has 1 amide bonds. The van der Waals surface area contributed by atoms with Gasteiger partial charge in [-0.05, 0) is 18.2 Å². The van der Waals surface area contributed by atoms with Crippen LogP contribution in [-0.4, -0.2) is 29.1 Å². The van der Waals surface area contributed by atoms with Crippen LogP contribution in [0.4, 0.5) is 10.1 Å². The van der Waals surface area contributed by atoms with Gasteiger partial charge in [0.15, 0.2) is 0 Å². The van der Waals surface area contributed by atoms with Gasteiger partial charge in [-0.3, -0.25) is 9.78 Å². The first-order valence-electron chi connectivity index (χ1n) is 5.85. The first-order chi connectivity index (χ1) is 10.0. The van der Waals surface area contributed by atoms with E-state index in [2.05, 4.69) is 10.3 Å². The van der Waals surface area contributed by atoms with Crippen molar-refractivity contribution in [1.29, 1.82) is 0 Å². The predicted molar refractivity (Wildman–Crippen MR) is 72.1 cm³/mol. The number of aromatic carboxylic acids is 1. The third-order valence-corrected chi connectivity index (χ3v) is 2.72. The largest absolute Gasteiger partial charge is 0.496 e. The molecule has 0 atom stereocenters. The van der Waals surface area contributed by atoms with Crippen molar-refractivity contribution in [3.8, 4) is 5.75 Å². The number of benzene rings is 1. The second-order valence-electron chi connectivity index (χ2n) is 4.00. The molecule has 0 saturated carbocycles. The SMILES string of the molecule is COc1cccc(F)c1C(=O)Nc1cnccc1C(=O)O. The molecule has 1 heterocycles. The number of aromatic nitrogens is 1. The van der Waals surface area contributed by atoms with Crippen LogP contribution < -0.4 is 10.1 Å². The minimum absolute atomic E-state index is 0.0275. The Bertz CT molecular complexity index is 703. The zero-order valence-corrected chi connectivity index (χ0v) is 11.0. The molecule has 0 fully saturated rings. The number of hydrogen-bond acceptors (Lipinski definition) is 4. The highest BCUT2D eigenvalue weighted by Gasteiger charge is 2.20. The van der Waals surface area contributed by atoms with E-state index in [1.165, 1.54) is 37.7 Å². The summed E-state index contributed by atoms with van der Waals surface area (Å²) in [5, 5.41) is 11.3. The van der Waals surface area contributed by atoms with Crippen molar-refractivity contribution in [1.82, 2.24) is 4.98 Å². The summed E-state index contributed by atoms with van der Waals surface area (Å²) in [5.74, 6) is -2.77. The highest BCUT2D eigenvalue weighted by atomic mass is 19.1. The molecular formula is C14H11FN2O4. The van der Waals surface area contributed by atoms with Crippen molar-refractivity contribution < 1.29 is 23.8 Å². The van der Waals surface area contributed by atoms with Crippen LogP contribution in [0.15, 0.2) is 36.7 Å². The van der Waals surface area contributed by atoms with Crippen molar-refractivity contribution in [3.63, 3.8) is 0 Å². The van der Waals surface area contributed by atoms with Gasteiger partial charge < -0.3 is 15.2 Å².